The van der Waals surface area contributed by atoms with Crippen molar-refractivity contribution >= 4 is 11.8 Å². The van der Waals surface area contributed by atoms with Crippen molar-refractivity contribution in [3.8, 4) is 0 Å². The number of aliphatic hydroxyl groups excluding tert-OH is 1. The van der Waals surface area contributed by atoms with Crippen molar-refractivity contribution in [2.24, 2.45) is 23.7 Å². The van der Waals surface area contributed by atoms with Crippen molar-refractivity contribution in [3.63, 3.8) is 0 Å². The van der Waals surface area contributed by atoms with Crippen LogP contribution in [-0.4, -0.2) is 23.0 Å². The number of rotatable bonds is 0. The van der Waals surface area contributed by atoms with Gasteiger partial charge in [0.2, 0.25) is 11.8 Å². The maximum absolute atomic E-state index is 11.4. The van der Waals surface area contributed by atoms with Crippen molar-refractivity contribution in [2.45, 2.75) is 18.9 Å². The lowest BCUT2D eigenvalue weighted by atomic mass is 9.80. The van der Waals surface area contributed by atoms with Gasteiger partial charge in [-0.05, 0) is 24.7 Å². The molecule has 2 saturated carbocycles. The van der Waals surface area contributed by atoms with E-state index in [0.717, 1.165) is 6.42 Å². The van der Waals surface area contributed by atoms with E-state index in [1.54, 1.807) is 0 Å². The summed E-state index contributed by atoms with van der Waals surface area (Å²) in [5.74, 6) is -0.337. The first kappa shape index (κ1) is 7.50. The lowest BCUT2D eigenvalue weighted by Gasteiger charge is -2.24. The van der Waals surface area contributed by atoms with Gasteiger partial charge in [0.1, 0.15) is 0 Å². The molecule has 4 nitrogen and oxygen atoms in total. The van der Waals surface area contributed by atoms with E-state index in [1.165, 1.54) is 0 Å². The number of fused-ring (bicyclic) bond motifs is 5. The summed E-state index contributed by atoms with van der Waals surface area (Å²) in [4.78, 5) is 22.7. The molecule has 0 spiro atoms. The SMILES string of the molecule is O=C1NC(=O)[C@H]2[C@H]3C[C@H](C[C@@H]3O)[C@@H]12. The molecule has 0 radical (unpaired) electrons. The number of aliphatic hydroxyl groups is 1. The molecule has 3 fully saturated rings. The van der Waals surface area contributed by atoms with Gasteiger partial charge in [-0.25, -0.2) is 0 Å². The number of hydrogen-bond acceptors (Lipinski definition) is 3. The first-order valence-electron chi connectivity index (χ1n) is 4.71. The highest BCUT2D eigenvalue weighted by Gasteiger charge is 2.60. The zero-order chi connectivity index (χ0) is 9.16. The van der Waals surface area contributed by atoms with Crippen LogP contribution in [0.3, 0.4) is 0 Å². The smallest absolute Gasteiger partial charge is 0.230 e. The summed E-state index contributed by atoms with van der Waals surface area (Å²) >= 11 is 0. The third-order valence-corrected chi connectivity index (χ3v) is 3.82. The zero-order valence-electron chi connectivity index (χ0n) is 7.06. The molecule has 0 aromatic carbocycles. The first-order valence-corrected chi connectivity index (χ1v) is 4.71. The molecular formula is C9H11NO3. The van der Waals surface area contributed by atoms with E-state index in [1.807, 2.05) is 0 Å². The van der Waals surface area contributed by atoms with Crippen LogP contribution in [0.15, 0.2) is 0 Å². The van der Waals surface area contributed by atoms with Crippen LogP contribution in [0.2, 0.25) is 0 Å². The second-order valence-corrected chi connectivity index (χ2v) is 4.37. The van der Waals surface area contributed by atoms with Gasteiger partial charge in [0.05, 0.1) is 17.9 Å². The molecule has 0 aromatic heterocycles. The van der Waals surface area contributed by atoms with Crippen molar-refractivity contribution in [1.82, 2.24) is 5.32 Å². The molecule has 3 rings (SSSR count). The number of amides is 2. The molecule has 0 aromatic rings. The zero-order valence-corrected chi connectivity index (χ0v) is 7.06. The highest BCUT2D eigenvalue weighted by Crippen LogP contribution is 2.54. The Balaban J connectivity index is 2.00. The van der Waals surface area contributed by atoms with Gasteiger partial charge >= 0.3 is 0 Å². The molecule has 2 amide bonds. The van der Waals surface area contributed by atoms with Gasteiger partial charge in [0, 0.05) is 0 Å². The van der Waals surface area contributed by atoms with E-state index in [9.17, 15) is 14.7 Å². The van der Waals surface area contributed by atoms with Crippen LogP contribution >= 0.6 is 0 Å². The monoisotopic (exact) mass is 181 g/mol. The van der Waals surface area contributed by atoms with Gasteiger partial charge in [-0.1, -0.05) is 0 Å². The van der Waals surface area contributed by atoms with Crippen molar-refractivity contribution in [2.75, 3.05) is 0 Å². The standard InChI is InChI=1S/C9H11NO3/c11-5-2-3-1-4(5)7-6(3)8(12)10-9(7)13/h3-7,11H,1-2H2,(H,10,12,13)/t3-,4+,5+,6-,7+/m1/s1. The second kappa shape index (κ2) is 2.12. The Kier molecular flexibility index (Phi) is 1.22. The normalized spacial score (nSPS) is 52.5. The van der Waals surface area contributed by atoms with Crippen LogP contribution in [0.25, 0.3) is 0 Å². The molecule has 5 atom stereocenters. The highest BCUT2D eigenvalue weighted by molar-refractivity contribution is 6.06. The third-order valence-electron chi connectivity index (χ3n) is 3.82. The molecule has 1 heterocycles. The van der Waals surface area contributed by atoms with E-state index in [4.69, 9.17) is 0 Å². The second-order valence-electron chi connectivity index (χ2n) is 4.37. The summed E-state index contributed by atoms with van der Waals surface area (Å²) in [6.45, 7) is 0. The van der Waals surface area contributed by atoms with E-state index in [0.29, 0.717) is 6.42 Å². The molecule has 2 N–H and O–H groups in total. The minimum atomic E-state index is -0.358. The van der Waals surface area contributed by atoms with E-state index >= 15 is 0 Å². The highest BCUT2D eigenvalue weighted by atomic mass is 16.3. The number of carbonyl (C=O) groups is 2. The topological polar surface area (TPSA) is 66.4 Å². The Morgan fingerprint density at radius 3 is 2.62 bits per heavy atom. The molecular weight excluding hydrogens is 170 g/mol. The first-order chi connectivity index (χ1) is 6.18. The maximum atomic E-state index is 11.4. The van der Waals surface area contributed by atoms with Gasteiger partial charge in [-0.15, -0.1) is 0 Å². The lowest BCUT2D eigenvalue weighted by Crippen LogP contribution is -2.33. The van der Waals surface area contributed by atoms with Gasteiger partial charge in [-0.2, -0.15) is 0 Å². The predicted octanol–water partition coefficient (Wildman–Crippen LogP) is -0.724. The van der Waals surface area contributed by atoms with Gasteiger partial charge in [0.15, 0.2) is 0 Å². The van der Waals surface area contributed by atoms with Crippen molar-refractivity contribution in [1.29, 1.82) is 0 Å². The Bertz CT molecular complexity index is 301. The average Bonchev–Trinajstić information content (AvgIpc) is 2.64. The number of hydrogen-bond donors (Lipinski definition) is 2. The molecule has 13 heavy (non-hydrogen) atoms. The average molecular weight is 181 g/mol. The van der Waals surface area contributed by atoms with Crippen LogP contribution in [0.5, 0.6) is 0 Å². The molecule has 1 aliphatic heterocycles. The Labute approximate surface area is 75.3 Å². The Morgan fingerprint density at radius 2 is 1.85 bits per heavy atom. The van der Waals surface area contributed by atoms with E-state index in [-0.39, 0.29) is 41.6 Å². The molecule has 2 bridgehead atoms. The van der Waals surface area contributed by atoms with Crippen molar-refractivity contribution < 1.29 is 14.7 Å². The van der Waals surface area contributed by atoms with Crippen LogP contribution < -0.4 is 5.32 Å². The fourth-order valence-corrected chi connectivity index (χ4v) is 3.35. The Morgan fingerprint density at radius 1 is 1.15 bits per heavy atom. The summed E-state index contributed by atoms with van der Waals surface area (Å²) in [6.07, 6.45) is 1.20. The summed E-state index contributed by atoms with van der Waals surface area (Å²) in [5, 5.41) is 11.9. The summed E-state index contributed by atoms with van der Waals surface area (Å²) in [5.41, 5.74) is 0. The summed E-state index contributed by atoms with van der Waals surface area (Å²) in [6, 6.07) is 0. The number of carbonyl (C=O) groups excluding carboxylic acids is 2. The summed E-state index contributed by atoms with van der Waals surface area (Å²) < 4.78 is 0. The fourth-order valence-electron chi connectivity index (χ4n) is 3.35. The molecule has 2 aliphatic carbocycles. The van der Waals surface area contributed by atoms with Gasteiger partial charge in [0.25, 0.3) is 0 Å². The largest absolute Gasteiger partial charge is 0.393 e. The summed E-state index contributed by atoms with van der Waals surface area (Å²) in [7, 11) is 0. The van der Waals surface area contributed by atoms with Gasteiger partial charge < -0.3 is 5.11 Å². The van der Waals surface area contributed by atoms with Crippen LogP contribution in [0, 0.1) is 23.7 Å². The van der Waals surface area contributed by atoms with Crippen LogP contribution in [0.4, 0.5) is 0 Å². The fraction of sp³-hybridized carbons (Fsp3) is 0.778. The van der Waals surface area contributed by atoms with Crippen molar-refractivity contribution in [3.05, 3.63) is 0 Å². The van der Waals surface area contributed by atoms with Crippen LogP contribution in [0.1, 0.15) is 12.8 Å². The molecule has 1 saturated heterocycles. The Hall–Kier alpha value is -0.900. The molecule has 0 unspecified atom stereocenters. The quantitative estimate of drug-likeness (QED) is 0.484. The molecule has 70 valence electrons. The molecule has 3 aliphatic rings. The molecule has 4 heteroatoms. The minimum absolute atomic E-state index is 0.0430. The van der Waals surface area contributed by atoms with E-state index in [2.05, 4.69) is 5.32 Å². The van der Waals surface area contributed by atoms with Crippen LogP contribution in [-0.2, 0) is 9.59 Å². The number of nitrogens with one attached hydrogen (secondary N) is 1. The van der Waals surface area contributed by atoms with Gasteiger partial charge in [-0.3, -0.25) is 14.9 Å². The maximum Gasteiger partial charge on any atom is 0.230 e. The number of imide groups is 1. The van der Waals surface area contributed by atoms with E-state index < -0.39 is 0 Å². The predicted molar refractivity (Wildman–Crippen MR) is 42.4 cm³/mol. The minimum Gasteiger partial charge on any atom is -0.393 e. The third kappa shape index (κ3) is 0.746. The lowest BCUT2D eigenvalue weighted by molar-refractivity contribution is -0.127.